The first kappa shape index (κ1) is 25.6. The van der Waals surface area contributed by atoms with E-state index in [1.807, 2.05) is 62.4 Å². The van der Waals surface area contributed by atoms with Crippen LogP contribution in [0.3, 0.4) is 0 Å². The Morgan fingerprint density at radius 3 is 1.72 bits per heavy atom. The summed E-state index contributed by atoms with van der Waals surface area (Å²) in [5.74, 6) is -5.61. The quantitative estimate of drug-likeness (QED) is 0.415. The zero-order chi connectivity index (χ0) is 26.0. The molecule has 2 aliphatic rings. The molecular weight excluding hydrogens is 460 g/mol. The maximum atomic E-state index is 13.8. The van der Waals surface area contributed by atoms with Crippen LogP contribution in [0.1, 0.15) is 43.7 Å². The molecule has 8 heteroatoms. The number of ether oxygens (including phenoxy) is 2. The van der Waals surface area contributed by atoms with Gasteiger partial charge in [0.15, 0.2) is 5.78 Å². The highest BCUT2D eigenvalue weighted by Gasteiger charge is 2.55. The summed E-state index contributed by atoms with van der Waals surface area (Å²) in [6, 6.07) is 14.8. The smallest absolute Gasteiger partial charge is 0.319 e. The van der Waals surface area contributed by atoms with Gasteiger partial charge in [0, 0.05) is 43.4 Å². The summed E-state index contributed by atoms with van der Waals surface area (Å²) >= 11 is 0. The van der Waals surface area contributed by atoms with Crippen molar-refractivity contribution in [1.29, 1.82) is 0 Å². The van der Waals surface area contributed by atoms with Gasteiger partial charge < -0.3 is 19.3 Å². The van der Waals surface area contributed by atoms with Gasteiger partial charge in [0.25, 0.3) is 0 Å². The highest BCUT2D eigenvalue weighted by atomic mass is 16.5. The summed E-state index contributed by atoms with van der Waals surface area (Å²) in [5, 5.41) is 0. The number of esters is 1. The summed E-state index contributed by atoms with van der Waals surface area (Å²) in [6.07, 6.45) is 0. The Balaban J connectivity index is 2.02. The van der Waals surface area contributed by atoms with Crippen molar-refractivity contribution in [2.75, 3.05) is 43.2 Å². The van der Waals surface area contributed by atoms with Gasteiger partial charge >= 0.3 is 5.97 Å². The predicted molar refractivity (Wildman–Crippen MR) is 135 cm³/mol. The average Bonchev–Trinajstić information content (AvgIpc) is 2.87. The van der Waals surface area contributed by atoms with Crippen molar-refractivity contribution in [3.8, 4) is 0 Å². The Bertz CT molecular complexity index is 1090. The molecule has 0 aromatic heterocycles. The lowest BCUT2D eigenvalue weighted by Gasteiger charge is -2.46. The van der Waals surface area contributed by atoms with Crippen LogP contribution in [0.4, 0.5) is 11.4 Å². The molecule has 0 fully saturated rings. The van der Waals surface area contributed by atoms with Gasteiger partial charge in [0.1, 0.15) is 18.4 Å². The first-order valence-corrected chi connectivity index (χ1v) is 12.4. The van der Waals surface area contributed by atoms with Crippen molar-refractivity contribution in [2.24, 2.45) is 11.8 Å². The van der Waals surface area contributed by atoms with Crippen LogP contribution in [0.2, 0.25) is 0 Å². The summed E-state index contributed by atoms with van der Waals surface area (Å²) in [7, 11) is 1.41. The van der Waals surface area contributed by atoms with Crippen molar-refractivity contribution in [3.05, 3.63) is 59.7 Å². The normalized spacial score (nSPS) is 23.2. The van der Waals surface area contributed by atoms with E-state index in [1.165, 1.54) is 7.11 Å². The molecule has 2 heterocycles. The molecule has 36 heavy (non-hydrogen) atoms. The maximum Gasteiger partial charge on any atom is 0.319 e. The molecule has 0 spiro atoms. The number of carbonyl (C=O) groups excluding carboxylic acids is 4. The van der Waals surface area contributed by atoms with Crippen LogP contribution in [0.15, 0.2) is 48.5 Å². The number of hydrogen-bond acceptors (Lipinski definition) is 6. The molecule has 0 bridgehead atoms. The molecule has 0 N–H and O–H groups in total. The fourth-order valence-corrected chi connectivity index (χ4v) is 5.77. The summed E-state index contributed by atoms with van der Waals surface area (Å²) < 4.78 is 10.5. The molecule has 2 amide bonds. The second-order valence-electron chi connectivity index (χ2n) is 8.94. The van der Waals surface area contributed by atoms with Crippen molar-refractivity contribution in [3.63, 3.8) is 0 Å². The number of ketones is 1. The molecule has 2 aromatic rings. The minimum Gasteiger partial charge on any atom is -0.465 e. The minimum atomic E-state index is -1.20. The summed E-state index contributed by atoms with van der Waals surface area (Å²) in [4.78, 5) is 57.7. The van der Waals surface area contributed by atoms with Crippen LogP contribution in [-0.4, -0.2) is 57.0 Å². The summed E-state index contributed by atoms with van der Waals surface area (Å²) in [5.41, 5.74) is 2.85. The third-order valence-electron chi connectivity index (χ3n) is 7.15. The van der Waals surface area contributed by atoms with Gasteiger partial charge in [-0.15, -0.1) is 0 Å². The van der Waals surface area contributed by atoms with E-state index in [9.17, 15) is 19.2 Å². The highest BCUT2D eigenvalue weighted by Crippen LogP contribution is 2.54. The molecule has 8 nitrogen and oxygen atoms in total. The van der Waals surface area contributed by atoms with E-state index in [0.717, 1.165) is 11.1 Å². The molecular formula is C28H32N2O6. The Morgan fingerprint density at radius 1 is 0.778 bits per heavy atom. The number of nitrogens with zero attached hydrogens (tertiary/aromatic N) is 2. The van der Waals surface area contributed by atoms with E-state index in [2.05, 4.69) is 0 Å². The first-order chi connectivity index (χ1) is 17.4. The lowest BCUT2D eigenvalue weighted by atomic mass is 9.63. The number of Topliss-reactive ketones (excluding diaryl/α,β-unsaturated/α-hetero) is 1. The molecule has 0 radical (unpaired) electrons. The third-order valence-corrected chi connectivity index (χ3v) is 7.15. The molecule has 2 aromatic carbocycles. The van der Waals surface area contributed by atoms with Crippen molar-refractivity contribution >= 4 is 34.9 Å². The van der Waals surface area contributed by atoms with E-state index in [4.69, 9.17) is 9.47 Å². The zero-order valence-corrected chi connectivity index (χ0v) is 21.1. The van der Waals surface area contributed by atoms with Crippen LogP contribution in [0.5, 0.6) is 0 Å². The van der Waals surface area contributed by atoms with E-state index in [1.54, 1.807) is 16.7 Å². The molecule has 4 rings (SSSR count). The van der Waals surface area contributed by atoms with Crippen LogP contribution in [0.25, 0.3) is 0 Å². The molecule has 0 aliphatic carbocycles. The number of para-hydroxylation sites is 2. The van der Waals surface area contributed by atoms with Gasteiger partial charge in [-0.3, -0.25) is 19.2 Å². The molecule has 190 valence electrons. The van der Waals surface area contributed by atoms with Crippen molar-refractivity contribution < 1.29 is 28.7 Å². The van der Waals surface area contributed by atoms with E-state index in [-0.39, 0.29) is 30.8 Å². The number of benzene rings is 2. The van der Waals surface area contributed by atoms with Crippen LogP contribution in [0, 0.1) is 11.8 Å². The number of carbonyl (C=O) groups is 4. The van der Waals surface area contributed by atoms with E-state index in [0.29, 0.717) is 24.5 Å². The van der Waals surface area contributed by atoms with Gasteiger partial charge in [0.05, 0.1) is 6.61 Å². The van der Waals surface area contributed by atoms with Crippen LogP contribution in [-0.2, 0) is 28.7 Å². The van der Waals surface area contributed by atoms with Gasteiger partial charge in [-0.05, 0) is 44.0 Å². The highest BCUT2D eigenvalue weighted by molar-refractivity contribution is 6.13. The maximum absolute atomic E-state index is 13.8. The molecule has 2 aliphatic heterocycles. The number of anilines is 2. The number of amides is 2. The van der Waals surface area contributed by atoms with Gasteiger partial charge in [-0.1, -0.05) is 36.4 Å². The Labute approximate surface area is 211 Å². The van der Waals surface area contributed by atoms with Crippen molar-refractivity contribution in [2.45, 2.75) is 32.6 Å². The Kier molecular flexibility index (Phi) is 7.54. The number of hydrogen-bond donors (Lipinski definition) is 0. The fourth-order valence-electron chi connectivity index (χ4n) is 5.77. The Hall–Kier alpha value is -3.52. The van der Waals surface area contributed by atoms with Crippen LogP contribution < -0.4 is 9.80 Å². The van der Waals surface area contributed by atoms with Crippen molar-refractivity contribution in [1.82, 2.24) is 0 Å². The SMILES string of the molecule is CCOC(=O)[C@@H]1C(=O)N(CC)c2ccccc2[C@@H]1[C@H]1c2ccccc2N(CC)C(=O)[C@H]1C(=O)COC. The molecule has 0 saturated carbocycles. The van der Waals surface area contributed by atoms with Gasteiger partial charge in [0.2, 0.25) is 11.8 Å². The fraction of sp³-hybridized carbons (Fsp3) is 0.429. The number of methoxy groups -OCH3 is 1. The zero-order valence-electron chi connectivity index (χ0n) is 21.1. The van der Waals surface area contributed by atoms with Gasteiger partial charge in [-0.2, -0.15) is 0 Å². The first-order valence-electron chi connectivity index (χ1n) is 12.4. The number of fused-ring (bicyclic) bond motifs is 2. The standard InChI is InChI=1S/C28H32N2O6/c1-5-29-19-14-10-8-12-17(19)22(24(26(29)32)21(31)16-35-4)23-18-13-9-11-15-20(18)30(6-2)27(33)25(23)28(34)36-7-3/h8-15,22-25H,5-7,16H2,1-4H3/t22-,23-,24+,25+/m1/s1. The molecule has 4 atom stereocenters. The van der Waals surface area contributed by atoms with Gasteiger partial charge in [-0.25, -0.2) is 0 Å². The largest absolute Gasteiger partial charge is 0.465 e. The number of rotatable bonds is 8. The molecule has 0 saturated heterocycles. The van der Waals surface area contributed by atoms with E-state index < -0.39 is 29.6 Å². The lowest BCUT2D eigenvalue weighted by molar-refractivity contribution is -0.154. The monoisotopic (exact) mass is 492 g/mol. The lowest BCUT2D eigenvalue weighted by Crippen LogP contribution is -2.54. The minimum absolute atomic E-state index is 0.110. The van der Waals surface area contributed by atoms with Crippen LogP contribution >= 0.6 is 0 Å². The second-order valence-corrected chi connectivity index (χ2v) is 8.94. The Morgan fingerprint density at radius 2 is 1.25 bits per heavy atom. The summed E-state index contributed by atoms with van der Waals surface area (Å²) in [6.45, 7) is 6.00. The topological polar surface area (TPSA) is 93.2 Å². The van der Waals surface area contributed by atoms with E-state index >= 15 is 0 Å². The molecule has 0 unspecified atom stereocenters. The predicted octanol–water partition coefficient (Wildman–Crippen LogP) is 3.30. The third kappa shape index (κ3) is 4.09. The average molecular weight is 493 g/mol. The second kappa shape index (κ2) is 10.6.